The van der Waals surface area contributed by atoms with E-state index in [-0.39, 0.29) is 17.0 Å². The fourth-order valence-corrected chi connectivity index (χ4v) is 3.75. The maximum atomic E-state index is 12.9. The Balaban J connectivity index is 1.60. The summed E-state index contributed by atoms with van der Waals surface area (Å²) in [6.07, 6.45) is 4.78. The molecule has 2 aromatic rings. The molecule has 0 radical (unpaired) electrons. The Morgan fingerprint density at radius 3 is 1.94 bits per heavy atom. The third kappa shape index (κ3) is 5.62. The Kier molecular flexibility index (Phi) is 7.84. The number of hydrogen-bond acceptors (Lipinski definition) is 4. The van der Waals surface area contributed by atoms with Crippen molar-refractivity contribution in [2.75, 3.05) is 6.61 Å². The molecular formula is C27H37BO4. The molecule has 0 saturated carbocycles. The van der Waals surface area contributed by atoms with Gasteiger partial charge < -0.3 is 14.0 Å². The minimum Gasteiger partial charge on any atom is -0.493 e. The van der Waals surface area contributed by atoms with E-state index in [1.807, 2.05) is 76.2 Å². The summed E-state index contributed by atoms with van der Waals surface area (Å²) >= 11 is 0. The fourth-order valence-electron chi connectivity index (χ4n) is 3.75. The second-order valence-electron chi connectivity index (χ2n) is 9.79. The zero-order valence-corrected chi connectivity index (χ0v) is 20.4. The first-order valence-corrected chi connectivity index (χ1v) is 11.9. The van der Waals surface area contributed by atoms with Gasteiger partial charge in [0.05, 0.1) is 17.8 Å². The number of carbonyl (C=O) groups excluding carboxylic acids is 1. The van der Waals surface area contributed by atoms with E-state index >= 15 is 0 Å². The third-order valence-electron chi connectivity index (χ3n) is 6.84. The monoisotopic (exact) mass is 436 g/mol. The highest BCUT2D eigenvalue weighted by atomic mass is 16.7. The van der Waals surface area contributed by atoms with Crippen LogP contribution in [0.25, 0.3) is 0 Å². The SMILES string of the molecule is CCCCC(CC)COc1ccc(C(=O)c2ccc(B3OC(C)(C)C(C)(C)O3)cc2)cc1. The lowest BCUT2D eigenvalue weighted by atomic mass is 9.78. The van der Waals surface area contributed by atoms with Gasteiger partial charge in [0.2, 0.25) is 0 Å². The third-order valence-corrected chi connectivity index (χ3v) is 6.84. The van der Waals surface area contributed by atoms with Gasteiger partial charge in [-0.25, -0.2) is 0 Å². The maximum Gasteiger partial charge on any atom is 0.494 e. The van der Waals surface area contributed by atoms with Crippen LogP contribution in [-0.2, 0) is 9.31 Å². The van der Waals surface area contributed by atoms with Gasteiger partial charge in [0, 0.05) is 11.1 Å². The van der Waals surface area contributed by atoms with Gasteiger partial charge >= 0.3 is 7.12 Å². The average Bonchev–Trinajstić information content (AvgIpc) is 3.01. The van der Waals surface area contributed by atoms with Crippen LogP contribution >= 0.6 is 0 Å². The number of ether oxygens (including phenoxy) is 1. The second kappa shape index (κ2) is 10.2. The van der Waals surface area contributed by atoms with Crippen LogP contribution in [0.2, 0.25) is 0 Å². The summed E-state index contributed by atoms with van der Waals surface area (Å²) in [7, 11) is -0.426. The number of hydrogen-bond donors (Lipinski definition) is 0. The number of benzene rings is 2. The average molecular weight is 436 g/mol. The summed E-state index contributed by atoms with van der Waals surface area (Å²) in [5.74, 6) is 1.39. The molecule has 1 aliphatic heterocycles. The summed E-state index contributed by atoms with van der Waals surface area (Å²) < 4.78 is 18.2. The number of rotatable bonds is 10. The predicted octanol–water partition coefficient (Wildman–Crippen LogP) is 5.81. The lowest BCUT2D eigenvalue weighted by Crippen LogP contribution is -2.41. The molecule has 1 aliphatic rings. The molecule has 1 saturated heterocycles. The number of unbranched alkanes of at least 4 members (excludes halogenated alkanes) is 1. The van der Waals surface area contributed by atoms with Gasteiger partial charge in [-0.05, 0) is 69.8 Å². The Morgan fingerprint density at radius 1 is 0.906 bits per heavy atom. The molecule has 4 nitrogen and oxygen atoms in total. The van der Waals surface area contributed by atoms with Crippen molar-refractivity contribution in [2.24, 2.45) is 5.92 Å². The summed E-state index contributed by atoms with van der Waals surface area (Å²) in [6.45, 7) is 13.3. The maximum absolute atomic E-state index is 12.9. The van der Waals surface area contributed by atoms with E-state index < -0.39 is 7.12 Å². The van der Waals surface area contributed by atoms with Crippen molar-refractivity contribution in [3.05, 3.63) is 59.7 Å². The highest BCUT2D eigenvalue weighted by Gasteiger charge is 2.51. The Hall–Kier alpha value is -2.11. The van der Waals surface area contributed by atoms with E-state index in [1.165, 1.54) is 19.3 Å². The van der Waals surface area contributed by atoms with Crippen LogP contribution in [0.15, 0.2) is 48.5 Å². The minimum atomic E-state index is -0.426. The first-order valence-electron chi connectivity index (χ1n) is 11.9. The standard InChI is InChI=1S/C27H37BO4/c1-7-9-10-20(8-2)19-30-24-17-13-22(14-18-24)25(29)21-11-15-23(16-12-21)28-31-26(3,4)27(5,6)32-28/h11-18,20H,7-10,19H2,1-6H3. The zero-order chi connectivity index (χ0) is 23.4. The van der Waals surface area contributed by atoms with Crippen molar-refractivity contribution >= 4 is 18.4 Å². The highest BCUT2D eigenvalue weighted by Crippen LogP contribution is 2.36. The van der Waals surface area contributed by atoms with Gasteiger partial charge in [-0.15, -0.1) is 0 Å². The minimum absolute atomic E-state index is 0.00796. The van der Waals surface area contributed by atoms with Gasteiger partial charge in [0.15, 0.2) is 5.78 Å². The van der Waals surface area contributed by atoms with Crippen LogP contribution in [0.5, 0.6) is 5.75 Å². The molecular weight excluding hydrogens is 399 g/mol. The molecule has 32 heavy (non-hydrogen) atoms. The van der Waals surface area contributed by atoms with Crippen molar-refractivity contribution in [3.8, 4) is 5.75 Å². The van der Waals surface area contributed by atoms with Crippen molar-refractivity contribution < 1.29 is 18.8 Å². The summed E-state index contributed by atoms with van der Waals surface area (Å²) in [5, 5.41) is 0. The van der Waals surface area contributed by atoms with Gasteiger partial charge in [-0.2, -0.15) is 0 Å². The van der Waals surface area contributed by atoms with Crippen molar-refractivity contribution in [1.82, 2.24) is 0 Å². The molecule has 0 spiro atoms. The van der Waals surface area contributed by atoms with Gasteiger partial charge in [0.25, 0.3) is 0 Å². The van der Waals surface area contributed by atoms with E-state index in [4.69, 9.17) is 14.0 Å². The van der Waals surface area contributed by atoms with Crippen LogP contribution in [0, 0.1) is 5.92 Å². The van der Waals surface area contributed by atoms with E-state index in [0.29, 0.717) is 17.0 Å². The number of ketones is 1. The molecule has 0 bridgehead atoms. The molecule has 5 heteroatoms. The van der Waals surface area contributed by atoms with E-state index in [2.05, 4.69) is 13.8 Å². The van der Waals surface area contributed by atoms with E-state index in [1.54, 1.807) is 0 Å². The first-order chi connectivity index (χ1) is 15.2. The molecule has 0 N–H and O–H groups in total. The van der Waals surface area contributed by atoms with Crippen LogP contribution in [-0.4, -0.2) is 30.7 Å². The molecule has 1 fully saturated rings. The summed E-state index contributed by atoms with van der Waals surface area (Å²) in [5.41, 5.74) is 1.44. The molecule has 0 aliphatic carbocycles. The van der Waals surface area contributed by atoms with Crippen molar-refractivity contribution in [3.63, 3.8) is 0 Å². The largest absolute Gasteiger partial charge is 0.494 e. The van der Waals surface area contributed by atoms with E-state index in [9.17, 15) is 4.79 Å². The normalized spacial score (nSPS) is 17.9. The molecule has 0 amide bonds. The Morgan fingerprint density at radius 2 is 1.44 bits per heavy atom. The molecule has 2 aromatic carbocycles. The molecule has 0 aromatic heterocycles. The lowest BCUT2D eigenvalue weighted by Gasteiger charge is -2.32. The highest BCUT2D eigenvalue weighted by molar-refractivity contribution is 6.62. The summed E-state index contributed by atoms with van der Waals surface area (Å²) in [6, 6.07) is 15.0. The van der Waals surface area contributed by atoms with Crippen LogP contribution in [0.3, 0.4) is 0 Å². The van der Waals surface area contributed by atoms with Gasteiger partial charge in [0.1, 0.15) is 5.75 Å². The lowest BCUT2D eigenvalue weighted by molar-refractivity contribution is 0.00578. The second-order valence-corrected chi connectivity index (χ2v) is 9.79. The molecule has 3 rings (SSSR count). The van der Waals surface area contributed by atoms with E-state index in [0.717, 1.165) is 24.2 Å². The topological polar surface area (TPSA) is 44.8 Å². The van der Waals surface area contributed by atoms with Gasteiger partial charge in [-0.3, -0.25) is 4.79 Å². The smallest absolute Gasteiger partial charge is 0.493 e. The molecule has 1 heterocycles. The van der Waals surface area contributed by atoms with Crippen LogP contribution in [0.1, 0.15) is 83.1 Å². The summed E-state index contributed by atoms with van der Waals surface area (Å²) in [4.78, 5) is 12.9. The van der Waals surface area contributed by atoms with Gasteiger partial charge in [-0.1, -0.05) is 57.4 Å². The molecule has 172 valence electrons. The first kappa shape index (κ1) is 24.5. The van der Waals surface area contributed by atoms with Crippen LogP contribution in [0.4, 0.5) is 0 Å². The predicted molar refractivity (Wildman–Crippen MR) is 131 cm³/mol. The zero-order valence-electron chi connectivity index (χ0n) is 20.4. The Bertz CT molecular complexity index is 871. The fraction of sp³-hybridized carbons (Fsp3) is 0.519. The quantitative estimate of drug-likeness (QED) is 0.348. The molecule has 1 unspecified atom stereocenters. The van der Waals surface area contributed by atoms with Crippen molar-refractivity contribution in [2.45, 2.75) is 78.4 Å². The Labute approximate surface area is 193 Å². The van der Waals surface area contributed by atoms with Crippen LogP contribution < -0.4 is 10.2 Å². The number of carbonyl (C=O) groups is 1. The molecule has 1 atom stereocenters. The van der Waals surface area contributed by atoms with Crippen molar-refractivity contribution in [1.29, 1.82) is 0 Å².